The van der Waals surface area contributed by atoms with Gasteiger partial charge in [0.15, 0.2) is 0 Å². The van der Waals surface area contributed by atoms with Crippen molar-refractivity contribution in [2.45, 2.75) is 6.54 Å². The fourth-order valence-electron chi connectivity index (χ4n) is 1.47. The Morgan fingerprint density at radius 2 is 1.93 bits per heavy atom. The Kier molecular flexibility index (Phi) is 2.33. The number of hydrogen-bond acceptors (Lipinski definition) is 2. The molecule has 0 saturated carbocycles. The van der Waals surface area contributed by atoms with Gasteiger partial charge in [0.1, 0.15) is 0 Å². The fourth-order valence-corrected chi connectivity index (χ4v) is 1.47. The zero-order chi connectivity index (χ0) is 10.8. The Labute approximate surface area is 87.0 Å². The lowest BCUT2D eigenvalue weighted by atomic mass is 10.2. The van der Waals surface area contributed by atoms with Gasteiger partial charge in [0.25, 0.3) is 0 Å². The molecule has 1 heterocycles. The Bertz CT molecular complexity index is 511. The van der Waals surface area contributed by atoms with Crippen LogP contribution < -0.4 is 5.69 Å². The Morgan fingerprint density at radius 3 is 2.47 bits per heavy atom. The molecule has 1 aromatic heterocycles. The molecule has 4 nitrogen and oxygen atoms in total. The number of nitrogens with zero attached hydrogens (tertiary/aromatic N) is 2. The van der Waals surface area contributed by atoms with E-state index in [0.29, 0.717) is 6.54 Å². The summed E-state index contributed by atoms with van der Waals surface area (Å²) in [5.41, 5.74) is 0.821. The molecule has 0 radical (unpaired) electrons. The number of rotatable bonds is 2. The Balaban J connectivity index is 2.33. The first-order chi connectivity index (χ1) is 7.18. The molecule has 0 spiro atoms. The first-order valence-corrected chi connectivity index (χ1v) is 4.67. The van der Waals surface area contributed by atoms with E-state index in [0.717, 1.165) is 5.56 Å². The molecule has 2 aromatic rings. The van der Waals surface area contributed by atoms with Crippen LogP contribution >= 0.6 is 0 Å². The van der Waals surface area contributed by atoms with Crippen LogP contribution in [0, 0.1) is 0 Å². The van der Waals surface area contributed by atoms with Gasteiger partial charge >= 0.3 is 5.69 Å². The molecule has 4 heteroatoms. The highest BCUT2D eigenvalue weighted by Gasteiger charge is 2.06. The van der Waals surface area contributed by atoms with Crippen LogP contribution in [-0.4, -0.2) is 14.2 Å². The summed E-state index contributed by atoms with van der Waals surface area (Å²) in [5, 5.41) is 9.34. The van der Waals surface area contributed by atoms with Gasteiger partial charge in [-0.15, -0.1) is 0 Å². The number of imidazole rings is 1. The molecule has 1 aromatic carbocycles. The van der Waals surface area contributed by atoms with E-state index in [4.69, 9.17) is 0 Å². The smallest absolute Gasteiger partial charge is 0.331 e. The molecule has 0 atom stereocenters. The number of aromatic nitrogens is 2. The average Bonchev–Trinajstić information content (AvgIpc) is 2.48. The summed E-state index contributed by atoms with van der Waals surface area (Å²) in [5.74, 6) is -0.0177. The molecule has 0 amide bonds. The van der Waals surface area contributed by atoms with Crippen LogP contribution in [0.25, 0.3) is 0 Å². The Morgan fingerprint density at radius 1 is 1.27 bits per heavy atom. The predicted octanol–water partition coefficient (Wildman–Crippen LogP) is 0.941. The van der Waals surface area contributed by atoms with Crippen molar-refractivity contribution in [3.8, 4) is 5.88 Å². The number of benzene rings is 1. The molecule has 78 valence electrons. The van der Waals surface area contributed by atoms with E-state index in [-0.39, 0.29) is 11.6 Å². The van der Waals surface area contributed by atoms with Crippen molar-refractivity contribution < 1.29 is 5.11 Å². The summed E-state index contributed by atoms with van der Waals surface area (Å²) in [6.07, 6.45) is 1.44. The maximum atomic E-state index is 11.6. The Hall–Kier alpha value is -1.97. The van der Waals surface area contributed by atoms with Crippen molar-refractivity contribution in [3.63, 3.8) is 0 Å². The van der Waals surface area contributed by atoms with Crippen molar-refractivity contribution in [2.24, 2.45) is 7.05 Å². The minimum Gasteiger partial charge on any atom is -0.493 e. The summed E-state index contributed by atoms with van der Waals surface area (Å²) in [7, 11) is 1.54. The third-order valence-corrected chi connectivity index (χ3v) is 2.34. The monoisotopic (exact) mass is 204 g/mol. The van der Waals surface area contributed by atoms with Crippen molar-refractivity contribution in [3.05, 3.63) is 52.6 Å². The second kappa shape index (κ2) is 3.65. The SMILES string of the molecule is Cn1c(O)cn(Cc2ccccc2)c1=O. The highest BCUT2D eigenvalue weighted by molar-refractivity contribution is 5.16. The maximum absolute atomic E-state index is 11.6. The molecule has 0 saturated heterocycles. The van der Waals surface area contributed by atoms with Crippen LogP contribution in [0.4, 0.5) is 0 Å². The summed E-state index contributed by atoms with van der Waals surface area (Å²) in [6, 6.07) is 9.65. The first-order valence-electron chi connectivity index (χ1n) is 4.67. The molecule has 0 bridgehead atoms. The van der Waals surface area contributed by atoms with Crippen LogP contribution in [0.3, 0.4) is 0 Å². The highest BCUT2D eigenvalue weighted by Crippen LogP contribution is 2.06. The second-order valence-corrected chi connectivity index (χ2v) is 3.44. The molecule has 1 N–H and O–H groups in total. The largest absolute Gasteiger partial charge is 0.493 e. The lowest BCUT2D eigenvalue weighted by Gasteiger charge is -2.00. The van der Waals surface area contributed by atoms with Gasteiger partial charge in [-0.2, -0.15) is 0 Å². The van der Waals surface area contributed by atoms with Crippen LogP contribution in [0.2, 0.25) is 0 Å². The van der Waals surface area contributed by atoms with Crippen LogP contribution in [0.1, 0.15) is 5.56 Å². The van der Waals surface area contributed by atoms with E-state index < -0.39 is 0 Å². The maximum Gasteiger partial charge on any atom is 0.331 e. The van der Waals surface area contributed by atoms with Gasteiger partial charge in [0.2, 0.25) is 5.88 Å². The summed E-state index contributed by atoms with van der Waals surface area (Å²) in [4.78, 5) is 11.6. The molecule has 0 aliphatic rings. The van der Waals surface area contributed by atoms with Crippen molar-refractivity contribution >= 4 is 0 Å². The summed E-state index contributed by atoms with van der Waals surface area (Å²) < 4.78 is 2.69. The van der Waals surface area contributed by atoms with Gasteiger partial charge in [-0.05, 0) is 5.56 Å². The van der Waals surface area contributed by atoms with Crippen LogP contribution in [0.5, 0.6) is 5.88 Å². The van der Waals surface area contributed by atoms with Gasteiger partial charge in [-0.25, -0.2) is 4.79 Å². The molecule has 0 aliphatic heterocycles. The van der Waals surface area contributed by atoms with E-state index in [2.05, 4.69) is 0 Å². The van der Waals surface area contributed by atoms with Gasteiger partial charge < -0.3 is 5.11 Å². The van der Waals surface area contributed by atoms with Crippen molar-refractivity contribution in [1.29, 1.82) is 0 Å². The summed E-state index contributed by atoms with van der Waals surface area (Å²) in [6.45, 7) is 0.480. The average molecular weight is 204 g/mol. The van der Waals surface area contributed by atoms with Crippen LogP contribution in [0.15, 0.2) is 41.3 Å². The normalized spacial score (nSPS) is 10.5. The molecule has 2 rings (SSSR count). The molecular weight excluding hydrogens is 192 g/mol. The van der Waals surface area contributed by atoms with E-state index in [1.54, 1.807) is 7.05 Å². The number of hydrogen-bond donors (Lipinski definition) is 1. The second-order valence-electron chi connectivity index (χ2n) is 3.44. The lowest BCUT2D eigenvalue weighted by molar-refractivity contribution is 0.429. The zero-order valence-corrected chi connectivity index (χ0v) is 8.42. The van der Waals surface area contributed by atoms with Crippen LogP contribution in [-0.2, 0) is 13.6 Å². The minimum atomic E-state index is -0.212. The summed E-state index contributed by atoms with van der Waals surface area (Å²) >= 11 is 0. The topological polar surface area (TPSA) is 47.2 Å². The first kappa shape index (κ1) is 9.58. The minimum absolute atomic E-state index is 0.0177. The molecule has 15 heavy (non-hydrogen) atoms. The third kappa shape index (κ3) is 1.79. The molecular formula is C11H12N2O2. The lowest BCUT2D eigenvalue weighted by Crippen LogP contribution is -2.22. The number of aromatic hydroxyl groups is 1. The third-order valence-electron chi connectivity index (χ3n) is 2.34. The van der Waals surface area contributed by atoms with Crippen molar-refractivity contribution in [2.75, 3.05) is 0 Å². The van der Waals surface area contributed by atoms with Gasteiger partial charge in [0.05, 0.1) is 12.7 Å². The van der Waals surface area contributed by atoms with E-state index in [9.17, 15) is 9.90 Å². The molecule has 0 aliphatic carbocycles. The fraction of sp³-hybridized carbons (Fsp3) is 0.182. The molecule has 0 unspecified atom stereocenters. The predicted molar refractivity (Wildman–Crippen MR) is 56.9 cm³/mol. The zero-order valence-electron chi connectivity index (χ0n) is 8.42. The van der Waals surface area contributed by atoms with Gasteiger partial charge in [0, 0.05) is 7.05 Å². The molecule has 0 fully saturated rings. The van der Waals surface area contributed by atoms with E-state index in [1.807, 2.05) is 30.3 Å². The van der Waals surface area contributed by atoms with Crippen molar-refractivity contribution in [1.82, 2.24) is 9.13 Å². The van der Waals surface area contributed by atoms with Gasteiger partial charge in [-0.1, -0.05) is 30.3 Å². The van der Waals surface area contributed by atoms with Gasteiger partial charge in [-0.3, -0.25) is 9.13 Å². The highest BCUT2D eigenvalue weighted by atomic mass is 16.3. The van der Waals surface area contributed by atoms with E-state index >= 15 is 0 Å². The van der Waals surface area contributed by atoms with E-state index in [1.165, 1.54) is 15.3 Å². The quantitative estimate of drug-likeness (QED) is 0.791. The standard InChI is InChI=1S/C11H12N2O2/c1-12-10(14)8-13(11(12)15)7-9-5-3-2-4-6-9/h2-6,8,14H,7H2,1H3.